The molecular weight excluding hydrogens is 262 g/mol. The molecule has 0 saturated heterocycles. The topological polar surface area (TPSA) is 37.4 Å². The smallest absolute Gasteiger partial charge is 0.223 e. The predicted octanol–water partition coefficient (Wildman–Crippen LogP) is 3.55. The van der Waals surface area contributed by atoms with Gasteiger partial charge in [-0.15, -0.1) is 0 Å². The largest absolute Gasteiger partial charge is 0.337 e. The summed E-state index contributed by atoms with van der Waals surface area (Å²) in [5, 5.41) is 0. The van der Waals surface area contributed by atoms with Gasteiger partial charge in [0.15, 0.2) is 0 Å². The van der Waals surface area contributed by atoms with E-state index in [1.54, 1.807) is 0 Å². The van der Waals surface area contributed by atoms with Gasteiger partial charge in [-0.1, -0.05) is 23.8 Å². The van der Waals surface area contributed by atoms with Crippen molar-refractivity contribution in [3.8, 4) is 0 Å². The van der Waals surface area contributed by atoms with E-state index >= 15 is 0 Å². The van der Waals surface area contributed by atoms with Gasteiger partial charge in [-0.3, -0.25) is 9.59 Å². The highest BCUT2D eigenvalue weighted by atomic mass is 16.2. The number of allylic oxidation sites excluding steroid dienone is 4. The highest BCUT2D eigenvalue weighted by Gasteiger charge is 2.38. The molecule has 2 saturated carbocycles. The molecule has 0 aromatic carbocycles. The summed E-state index contributed by atoms with van der Waals surface area (Å²) >= 11 is 0. The van der Waals surface area contributed by atoms with Crippen molar-refractivity contribution in [2.45, 2.75) is 76.3 Å². The van der Waals surface area contributed by atoms with E-state index in [0.717, 1.165) is 44.9 Å². The molecule has 0 atom stereocenters. The number of carbonyl (C=O) groups is 2. The van der Waals surface area contributed by atoms with Crippen molar-refractivity contribution < 1.29 is 9.59 Å². The lowest BCUT2D eigenvalue weighted by atomic mass is 9.92. The van der Waals surface area contributed by atoms with Crippen LogP contribution >= 0.6 is 0 Å². The zero-order valence-electron chi connectivity index (χ0n) is 12.7. The van der Waals surface area contributed by atoms with Crippen LogP contribution in [0.5, 0.6) is 0 Å². The fraction of sp³-hybridized carbons (Fsp3) is 0.667. The Morgan fingerprint density at radius 1 is 1.10 bits per heavy atom. The summed E-state index contributed by atoms with van der Waals surface area (Å²) in [4.78, 5) is 26.2. The van der Waals surface area contributed by atoms with Crippen LogP contribution in [0.4, 0.5) is 0 Å². The Kier molecular flexibility index (Phi) is 4.57. The highest BCUT2D eigenvalue weighted by molar-refractivity contribution is 5.81. The highest BCUT2D eigenvalue weighted by Crippen LogP contribution is 2.34. The second-order valence-corrected chi connectivity index (χ2v) is 6.56. The molecule has 3 aliphatic carbocycles. The van der Waals surface area contributed by atoms with Crippen LogP contribution in [-0.2, 0) is 9.59 Å². The molecule has 2 fully saturated rings. The maximum absolute atomic E-state index is 12.6. The quantitative estimate of drug-likeness (QED) is 0.775. The third-order valence-corrected chi connectivity index (χ3v) is 4.83. The average molecular weight is 287 g/mol. The summed E-state index contributed by atoms with van der Waals surface area (Å²) in [6.07, 6.45) is 15.7. The van der Waals surface area contributed by atoms with Gasteiger partial charge < -0.3 is 4.90 Å². The van der Waals surface area contributed by atoms with Crippen LogP contribution in [0.25, 0.3) is 0 Å². The molecule has 0 aliphatic heterocycles. The SMILES string of the molecule is O=C1CCC(N(C(=O)CCC2=CCCC=C2)C2CC2)CC1. The van der Waals surface area contributed by atoms with Crippen LogP contribution in [-0.4, -0.2) is 28.7 Å². The van der Waals surface area contributed by atoms with E-state index in [1.165, 1.54) is 5.57 Å². The van der Waals surface area contributed by atoms with Gasteiger partial charge in [0.05, 0.1) is 0 Å². The maximum atomic E-state index is 12.6. The Balaban J connectivity index is 1.56. The molecule has 3 aliphatic rings. The first kappa shape index (κ1) is 14.6. The van der Waals surface area contributed by atoms with Gasteiger partial charge in [-0.25, -0.2) is 0 Å². The molecule has 3 nitrogen and oxygen atoms in total. The minimum absolute atomic E-state index is 0.303. The van der Waals surface area contributed by atoms with Gasteiger partial charge in [0, 0.05) is 31.3 Å². The zero-order chi connectivity index (χ0) is 14.7. The molecule has 0 aromatic heterocycles. The van der Waals surface area contributed by atoms with Crippen molar-refractivity contribution >= 4 is 11.7 Å². The van der Waals surface area contributed by atoms with Gasteiger partial charge in [-0.2, -0.15) is 0 Å². The molecule has 0 radical (unpaired) electrons. The van der Waals surface area contributed by atoms with Crippen molar-refractivity contribution in [3.63, 3.8) is 0 Å². The van der Waals surface area contributed by atoms with E-state index in [9.17, 15) is 9.59 Å². The molecule has 0 spiro atoms. The van der Waals surface area contributed by atoms with E-state index in [4.69, 9.17) is 0 Å². The van der Waals surface area contributed by atoms with Crippen molar-refractivity contribution in [3.05, 3.63) is 23.8 Å². The van der Waals surface area contributed by atoms with Crippen LogP contribution in [0.1, 0.15) is 64.2 Å². The zero-order valence-corrected chi connectivity index (χ0v) is 12.7. The first-order chi connectivity index (χ1) is 10.2. The maximum Gasteiger partial charge on any atom is 0.223 e. The fourth-order valence-electron chi connectivity index (χ4n) is 3.49. The molecule has 0 unspecified atom stereocenters. The fourth-order valence-corrected chi connectivity index (χ4v) is 3.49. The van der Waals surface area contributed by atoms with Gasteiger partial charge in [0.1, 0.15) is 5.78 Å². The van der Waals surface area contributed by atoms with Crippen LogP contribution in [0.3, 0.4) is 0 Å². The lowest BCUT2D eigenvalue weighted by Gasteiger charge is -2.34. The van der Waals surface area contributed by atoms with Gasteiger partial charge in [0.25, 0.3) is 0 Å². The molecule has 0 N–H and O–H groups in total. The van der Waals surface area contributed by atoms with Crippen molar-refractivity contribution in [2.24, 2.45) is 0 Å². The number of amides is 1. The van der Waals surface area contributed by atoms with Crippen LogP contribution in [0.2, 0.25) is 0 Å². The number of Topliss-reactive ketones (excluding diaryl/α,β-unsaturated/α-hetero) is 1. The third-order valence-electron chi connectivity index (χ3n) is 4.83. The molecule has 0 aromatic rings. The normalized spacial score (nSPS) is 23.0. The Morgan fingerprint density at radius 3 is 2.43 bits per heavy atom. The number of hydrogen-bond donors (Lipinski definition) is 0. The van der Waals surface area contributed by atoms with Crippen molar-refractivity contribution in [1.82, 2.24) is 4.90 Å². The molecule has 0 bridgehead atoms. The predicted molar refractivity (Wildman–Crippen MR) is 82.8 cm³/mol. The first-order valence-electron chi connectivity index (χ1n) is 8.42. The number of hydrogen-bond acceptors (Lipinski definition) is 2. The van der Waals surface area contributed by atoms with E-state index in [2.05, 4.69) is 23.1 Å². The Labute approximate surface area is 127 Å². The third kappa shape index (κ3) is 3.84. The molecule has 3 heteroatoms. The van der Waals surface area contributed by atoms with Crippen LogP contribution < -0.4 is 0 Å². The molecule has 114 valence electrons. The Morgan fingerprint density at radius 2 is 1.81 bits per heavy atom. The average Bonchev–Trinajstić information content (AvgIpc) is 3.33. The molecule has 0 heterocycles. The van der Waals surface area contributed by atoms with E-state index < -0.39 is 0 Å². The standard InChI is InChI=1S/C18H25NO2/c20-17-11-9-16(10-12-17)19(15-7-8-15)18(21)13-6-14-4-2-1-3-5-14/h2,4-5,15-16H,1,3,6-13H2. The molecular formula is C18H25NO2. The van der Waals surface area contributed by atoms with Crippen LogP contribution in [0.15, 0.2) is 23.8 Å². The monoisotopic (exact) mass is 287 g/mol. The lowest BCUT2D eigenvalue weighted by Crippen LogP contribution is -2.43. The second-order valence-electron chi connectivity index (χ2n) is 6.56. The second kappa shape index (κ2) is 6.59. The molecule has 1 amide bonds. The summed E-state index contributed by atoms with van der Waals surface area (Å²) < 4.78 is 0. The number of nitrogens with zero attached hydrogens (tertiary/aromatic N) is 1. The number of carbonyl (C=O) groups excluding carboxylic acids is 2. The van der Waals surface area contributed by atoms with Gasteiger partial charge >= 0.3 is 0 Å². The summed E-state index contributed by atoms with van der Waals surface area (Å²) in [7, 11) is 0. The Hall–Kier alpha value is -1.38. The van der Waals surface area contributed by atoms with Gasteiger partial charge in [-0.05, 0) is 44.9 Å². The summed E-state index contributed by atoms with van der Waals surface area (Å²) in [6, 6.07) is 0.783. The van der Waals surface area contributed by atoms with Crippen molar-refractivity contribution in [1.29, 1.82) is 0 Å². The minimum atomic E-state index is 0.303. The summed E-state index contributed by atoms with van der Waals surface area (Å²) in [5.74, 6) is 0.670. The van der Waals surface area contributed by atoms with E-state index in [1.807, 2.05) is 0 Å². The Bertz CT molecular complexity index is 464. The van der Waals surface area contributed by atoms with Crippen molar-refractivity contribution in [2.75, 3.05) is 0 Å². The van der Waals surface area contributed by atoms with Gasteiger partial charge in [0.2, 0.25) is 5.91 Å². The molecule has 3 rings (SSSR count). The number of ketones is 1. The number of rotatable bonds is 5. The van der Waals surface area contributed by atoms with E-state index in [0.29, 0.717) is 43.0 Å². The van der Waals surface area contributed by atoms with Crippen LogP contribution in [0, 0.1) is 0 Å². The first-order valence-corrected chi connectivity index (χ1v) is 8.42. The summed E-state index contributed by atoms with van der Waals surface area (Å²) in [5.41, 5.74) is 1.31. The lowest BCUT2D eigenvalue weighted by molar-refractivity contribution is -0.136. The minimum Gasteiger partial charge on any atom is -0.337 e. The molecule has 21 heavy (non-hydrogen) atoms. The summed E-state index contributed by atoms with van der Waals surface area (Å²) in [6.45, 7) is 0. The van der Waals surface area contributed by atoms with E-state index in [-0.39, 0.29) is 0 Å².